The molecule has 1 heterocycles. The molecule has 0 aliphatic carbocycles. The minimum absolute atomic E-state index is 0.116. The molecule has 5 heteroatoms. The molecule has 4 nitrogen and oxygen atoms in total. The highest BCUT2D eigenvalue weighted by molar-refractivity contribution is 7.92. The van der Waals surface area contributed by atoms with Gasteiger partial charge < -0.3 is 5.73 Å². The fraction of sp³-hybridized carbons (Fsp3) is 0.294. The van der Waals surface area contributed by atoms with Gasteiger partial charge in [-0.25, -0.2) is 8.42 Å². The number of benzene rings is 2. The lowest BCUT2D eigenvalue weighted by atomic mass is 10.0. The molecule has 0 aromatic heterocycles. The van der Waals surface area contributed by atoms with Gasteiger partial charge in [-0.1, -0.05) is 35.9 Å². The zero-order chi connectivity index (χ0) is 15.7. The third-order valence-electron chi connectivity index (χ3n) is 4.09. The Morgan fingerprint density at radius 1 is 1.09 bits per heavy atom. The van der Waals surface area contributed by atoms with Crippen LogP contribution < -0.4 is 10.0 Å². The minimum Gasteiger partial charge on any atom is -0.324 e. The highest BCUT2D eigenvalue weighted by atomic mass is 32.2. The molecule has 0 unspecified atom stereocenters. The summed E-state index contributed by atoms with van der Waals surface area (Å²) in [6.45, 7) is 2.40. The highest BCUT2D eigenvalue weighted by Gasteiger charge is 2.29. The quantitative estimate of drug-likeness (QED) is 0.926. The predicted molar refractivity (Wildman–Crippen MR) is 88.3 cm³/mol. The molecule has 2 N–H and O–H groups in total. The zero-order valence-corrected chi connectivity index (χ0v) is 13.4. The van der Waals surface area contributed by atoms with Gasteiger partial charge in [0.1, 0.15) is 0 Å². The minimum atomic E-state index is -3.56. The molecule has 2 aromatic carbocycles. The summed E-state index contributed by atoms with van der Waals surface area (Å²) in [6, 6.07) is 14.4. The lowest BCUT2D eigenvalue weighted by Gasteiger charge is -2.25. The molecule has 0 fully saturated rings. The van der Waals surface area contributed by atoms with Crippen LogP contribution in [0.3, 0.4) is 0 Å². The zero-order valence-electron chi connectivity index (χ0n) is 12.6. The van der Waals surface area contributed by atoms with E-state index in [0.717, 1.165) is 24.0 Å². The average molecular weight is 316 g/mol. The van der Waals surface area contributed by atoms with Crippen LogP contribution in [0, 0.1) is 6.92 Å². The maximum absolute atomic E-state index is 13.0. The van der Waals surface area contributed by atoms with Gasteiger partial charge in [0.2, 0.25) is 0 Å². The van der Waals surface area contributed by atoms with Crippen molar-refractivity contribution < 1.29 is 8.42 Å². The fourth-order valence-electron chi connectivity index (χ4n) is 2.85. The maximum Gasteiger partial charge on any atom is 0.264 e. The summed E-state index contributed by atoms with van der Waals surface area (Å²) < 4.78 is 27.5. The molecular weight excluding hydrogens is 296 g/mol. The van der Waals surface area contributed by atoms with Crippen LogP contribution in [-0.2, 0) is 10.0 Å². The van der Waals surface area contributed by atoms with E-state index in [-0.39, 0.29) is 6.04 Å². The van der Waals surface area contributed by atoms with Gasteiger partial charge in [0, 0.05) is 12.6 Å². The molecule has 1 aliphatic heterocycles. The molecule has 0 radical (unpaired) electrons. The molecule has 3 rings (SSSR count). The number of nitrogens with two attached hydrogens (primary N) is 1. The van der Waals surface area contributed by atoms with Crippen molar-refractivity contribution in [3.05, 3.63) is 59.7 Å². The summed E-state index contributed by atoms with van der Waals surface area (Å²) in [6.07, 6.45) is 1.54. The molecular formula is C17H20N2O2S. The van der Waals surface area contributed by atoms with E-state index in [9.17, 15) is 8.42 Å². The Balaban J connectivity index is 2.10. The third-order valence-corrected chi connectivity index (χ3v) is 5.92. The van der Waals surface area contributed by atoms with Crippen molar-refractivity contribution in [1.82, 2.24) is 0 Å². The van der Waals surface area contributed by atoms with E-state index in [1.165, 1.54) is 4.31 Å². The highest BCUT2D eigenvalue weighted by Crippen LogP contribution is 2.34. The number of aryl methyl sites for hydroxylation is 1. The average Bonchev–Trinajstić information content (AvgIpc) is 2.68. The maximum atomic E-state index is 13.0. The Bertz CT molecular complexity index is 770. The molecule has 1 aliphatic rings. The standard InChI is InChI=1S/C17H20N2O2S/c1-13-8-10-14(11-9-13)22(20,21)19-12-4-6-16(18)15-5-2-3-7-17(15)19/h2-3,5,7-11,16H,4,6,12,18H2,1H3/t16-/m1/s1. The molecule has 0 saturated heterocycles. The molecule has 1 atom stereocenters. The molecule has 0 saturated carbocycles. The van der Waals surface area contributed by atoms with Crippen LogP contribution in [0.5, 0.6) is 0 Å². The van der Waals surface area contributed by atoms with Crippen molar-refractivity contribution in [2.75, 3.05) is 10.8 Å². The monoisotopic (exact) mass is 316 g/mol. The van der Waals surface area contributed by atoms with Gasteiger partial charge in [-0.15, -0.1) is 0 Å². The number of anilines is 1. The Hall–Kier alpha value is -1.85. The Kier molecular flexibility index (Phi) is 3.93. The van der Waals surface area contributed by atoms with E-state index >= 15 is 0 Å². The number of sulfonamides is 1. The Morgan fingerprint density at radius 3 is 2.50 bits per heavy atom. The van der Waals surface area contributed by atoms with Crippen molar-refractivity contribution in [3.8, 4) is 0 Å². The summed E-state index contributed by atoms with van der Waals surface area (Å²) in [7, 11) is -3.56. The summed E-state index contributed by atoms with van der Waals surface area (Å²) in [5, 5.41) is 0. The molecule has 0 amide bonds. The first kappa shape index (κ1) is 15.1. The molecule has 22 heavy (non-hydrogen) atoms. The Labute approximate surface area is 131 Å². The summed E-state index contributed by atoms with van der Waals surface area (Å²) in [5.74, 6) is 0. The van der Waals surface area contributed by atoms with E-state index in [1.54, 1.807) is 12.1 Å². The van der Waals surface area contributed by atoms with Crippen molar-refractivity contribution in [3.63, 3.8) is 0 Å². The first-order valence-electron chi connectivity index (χ1n) is 7.44. The second-order valence-corrected chi connectivity index (χ2v) is 7.56. The lowest BCUT2D eigenvalue weighted by molar-refractivity contribution is 0.586. The van der Waals surface area contributed by atoms with Gasteiger partial charge in [0.05, 0.1) is 10.6 Å². The summed E-state index contributed by atoms with van der Waals surface area (Å²) in [5.41, 5.74) is 8.83. The van der Waals surface area contributed by atoms with Gasteiger partial charge in [-0.2, -0.15) is 0 Å². The normalized spacial score (nSPS) is 18.6. The number of para-hydroxylation sites is 1. The van der Waals surface area contributed by atoms with Crippen LogP contribution in [0.2, 0.25) is 0 Å². The van der Waals surface area contributed by atoms with Crippen LogP contribution in [0.1, 0.15) is 30.0 Å². The van der Waals surface area contributed by atoms with E-state index < -0.39 is 10.0 Å². The second-order valence-electron chi connectivity index (χ2n) is 5.70. The molecule has 2 aromatic rings. The van der Waals surface area contributed by atoms with Gasteiger partial charge in [-0.3, -0.25) is 4.31 Å². The summed E-state index contributed by atoms with van der Waals surface area (Å²) in [4.78, 5) is 0.323. The van der Waals surface area contributed by atoms with E-state index in [0.29, 0.717) is 17.1 Å². The number of hydrogen-bond acceptors (Lipinski definition) is 3. The van der Waals surface area contributed by atoms with Crippen LogP contribution in [0.25, 0.3) is 0 Å². The number of fused-ring (bicyclic) bond motifs is 1. The largest absolute Gasteiger partial charge is 0.324 e. The molecule has 116 valence electrons. The summed E-state index contributed by atoms with van der Waals surface area (Å²) >= 11 is 0. The Morgan fingerprint density at radius 2 is 1.77 bits per heavy atom. The van der Waals surface area contributed by atoms with Crippen molar-refractivity contribution in [2.45, 2.75) is 30.7 Å². The van der Waals surface area contributed by atoms with Crippen molar-refractivity contribution in [1.29, 1.82) is 0 Å². The number of hydrogen-bond donors (Lipinski definition) is 1. The molecule has 0 spiro atoms. The van der Waals surface area contributed by atoms with Gasteiger partial charge in [0.15, 0.2) is 0 Å². The van der Waals surface area contributed by atoms with Gasteiger partial charge >= 0.3 is 0 Å². The second kappa shape index (κ2) is 5.74. The van der Waals surface area contributed by atoms with Crippen LogP contribution in [-0.4, -0.2) is 15.0 Å². The van der Waals surface area contributed by atoms with Crippen LogP contribution in [0.4, 0.5) is 5.69 Å². The first-order chi connectivity index (χ1) is 10.5. The first-order valence-corrected chi connectivity index (χ1v) is 8.88. The predicted octanol–water partition coefficient (Wildman–Crippen LogP) is 2.98. The van der Waals surface area contributed by atoms with Crippen LogP contribution >= 0.6 is 0 Å². The van der Waals surface area contributed by atoms with Crippen molar-refractivity contribution in [2.24, 2.45) is 5.73 Å². The van der Waals surface area contributed by atoms with E-state index in [4.69, 9.17) is 5.73 Å². The number of nitrogens with zero attached hydrogens (tertiary/aromatic N) is 1. The van der Waals surface area contributed by atoms with Crippen molar-refractivity contribution >= 4 is 15.7 Å². The van der Waals surface area contributed by atoms with Gasteiger partial charge in [-0.05, 0) is 43.5 Å². The fourth-order valence-corrected chi connectivity index (χ4v) is 4.38. The van der Waals surface area contributed by atoms with Crippen LogP contribution in [0.15, 0.2) is 53.4 Å². The lowest BCUT2D eigenvalue weighted by Crippen LogP contribution is -2.31. The van der Waals surface area contributed by atoms with Gasteiger partial charge in [0.25, 0.3) is 10.0 Å². The van der Waals surface area contributed by atoms with E-state index in [1.807, 2.05) is 43.3 Å². The molecule has 0 bridgehead atoms. The smallest absolute Gasteiger partial charge is 0.264 e. The van der Waals surface area contributed by atoms with E-state index in [2.05, 4.69) is 0 Å². The third kappa shape index (κ3) is 2.62. The number of rotatable bonds is 2. The topological polar surface area (TPSA) is 63.4 Å². The SMILES string of the molecule is Cc1ccc(S(=O)(=O)N2CCC[C@@H](N)c3ccccc32)cc1.